The van der Waals surface area contributed by atoms with E-state index in [0.717, 1.165) is 4.31 Å². The van der Waals surface area contributed by atoms with Crippen LogP contribution >= 0.6 is 0 Å². The molecule has 2 rings (SSSR count). The molecule has 2 amide bonds. The Labute approximate surface area is 158 Å². The molecule has 0 spiro atoms. The number of sulfonamides is 1. The summed E-state index contributed by atoms with van der Waals surface area (Å²) in [5.74, 6) is -2.20. The highest BCUT2D eigenvalue weighted by Crippen LogP contribution is 2.32. The van der Waals surface area contributed by atoms with Gasteiger partial charge in [-0.15, -0.1) is 0 Å². The van der Waals surface area contributed by atoms with Gasteiger partial charge in [-0.3, -0.25) is 14.4 Å². The fourth-order valence-corrected chi connectivity index (χ4v) is 4.92. The highest BCUT2D eigenvalue weighted by Gasteiger charge is 2.43. The van der Waals surface area contributed by atoms with E-state index in [4.69, 9.17) is 0 Å². The average Bonchev–Trinajstić information content (AvgIpc) is 2.81. The van der Waals surface area contributed by atoms with Crippen LogP contribution in [0.25, 0.3) is 0 Å². The average molecular weight is 396 g/mol. The standard InChI is InChI=1S/C18H24N2O6S/c1-5-18(6-2,17(23)24)10-19-15(21)12-7-8-13-14(9-12)27(25,26)20(11(3)4)16(13)22/h7-9,11H,5-6,10H2,1-4H3,(H,19,21)(H,23,24). The Morgan fingerprint density at radius 1 is 1.22 bits per heavy atom. The molecule has 0 saturated carbocycles. The van der Waals surface area contributed by atoms with E-state index in [-0.39, 0.29) is 22.6 Å². The van der Waals surface area contributed by atoms with Gasteiger partial charge < -0.3 is 10.4 Å². The first-order chi connectivity index (χ1) is 12.5. The van der Waals surface area contributed by atoms with Crippen molar-refractivity contribution >= 4 is 27.8 Å². The summed E-state index contributed by atoms with van der Waals surface area (Å²) in [6.07, 6.45) is 0.686. The van der Waals surface area contributed by atoms with E-state index in [1.54, 1.807) is 27.7 Å². The highest BCUT2D eigenvalue weighted by atomic mass is 32.2. The van der Waals surface area contributed by atoms with Gasteiger partial charge in [0, 0.05) is 18.2 Å². The molecule has 0 radical (unpaired) electrons. The molecule has 1 aromatic rings. The third-order valence-electron chi connectivity index (χ3n) is 5.07. The summed E-state index contributed by atoms with van der Waals surface area (Å²) in [4.78, 5) is 36.1. The quantitative estimate of drug-likeness (QED) is 0.726. The molecular formula is C18H24N2O6S. The molecule has 1 heterocycles. The van der Waals surface area contributed by atoms with Crippen LogP contribution in [0.2, 0.25) is 0 Å². The number of carbonyl (C=O) groups excluding carboxylic acids is 2. The number of amides is 2. The molecule has 1 aliphatic rings. The Kier molecular flexibility index (Phi) is 5.65. The van der Waals surface area contributed by atoms with Crippen LogP contribution in [-0.4, -0.2) is 48.2 Å². The van der Waals surface area contributed by atoms with E-state index >= 15 is 0 Å². The lowest BCUT2D eigenvalue weighted by Crippen LogP contribution is -2.42. The molecule has 27 heavy (non-hydrogen) atoms. The smallest absolute Gasteiger partial charge is 0.311 e. The van der Waals surface area contributed by atoms with Gasteiger partial charge in [0.05, 0.1) is 11.0 Å². The monoisotopic (exact) mass is 396 g/mol. The molecule has 8 nitrogen and oxygen atoms in total. The number of carboxylic acids is 1. The lowest BCUT2D eigenvalue weighted by molar-refractivity contribution is -0.149. The second-order valence-corrected chi connectivity index (χ2v) is 8.67. The Bertz CT molecular complexity index is 887. The molecular weight excluding hydrogens is 372 g/mol. The molecule has 0 bridgehead atoms. The number of carboxylic acid groups (broad SMARTS) is 1. The van der Waals surface area contributed by atoms with E-state index in [1.165, 1.54) is 18.2 Å². The van der Waals surface area contributed by atoms with Crippen LogP contribution in [0.15, 0.2) is 23.1 Å². The van der Waals surface area contributed by atoms with Gasteiger partial charge in [0.15, 0.2) is 0 Å². The van der Waals surface area contributed by atoms with Crippen LogP contribution < -0.4 is 5.32 Å². The Morgan fingerprint density at radius 2 is 1.81 bits per heavy atom. The Hall–Kier alpha value is -2.42. The van der Waals surface area contributed by atoms with E-state index in [2.05, 4.69) is 5.32 Å². The molecule has 0 fully saturated rings. The lowest BCUT2D eigenvalue weighted by atomic mass is 9.82. The zero-order valence-corrected chi connectivity index (χ0v) is 16.6. The van der Waals surface area contributed by atoms with Crippen LogP contribution in [0.3, 0.4) is 0 Å². The minimum Gasteiger partial charge on any atom is -0.481 e. The van der Waals surface area contributed by atoms with Crippen molar-refractivity contribution in [3.63, 3.8) is 0 Å². The minimum absolute atomic E-state index is 0.0299. The first kappa shape index (κ1) is 20.9. The van der Waals surface area contributed by atoms with Gasteiger partial charge in [0.2, 0.25) is 0 Å². The van der Waals surface area contributed by atoms with E-state index < -0.39 is 39.3 Å². The SMILES string of the molecule is CCC(CC)(CNC(=O)c1ccc2c(c1)S(=O)(=O)N(C(C)C)C2=O)C(=O)O. The maximum atomic E-state index is 12.6. The van der Waals surface area contributed by atoms with Gasteiger partial charge in [0.1, 0.15) is 4.90 Å². The largest absolute Gasteiger partial charge is 0.481 e. The summed E-state index contributed by atoms with van der Waals surface area (Å²) in [6, 6.07) is 3.31. The zero-order valence-electron chi connectivity index (χ0n) is 15.8. The topological polar surface area (TPSA) is 121 Å². The normalized spacial score (nSPS) is 15.7. The fourth-order valence-electron chi connectivity index (χ4n) is 3.13. The second kappa shape index (κ2) is 7.30. The van der Waals surface area contributed by atoms with Crippen LogP contribution in [0.4, 0.5) is 0 Å². The predicted molar refractivity (Wildman–Crippen MR) is 97.9 cm³/mol. The summed E-state index contributed by atoms with van der Waals surface area (Å²) >= 11 is 0. The third kappa shape index (κ3) is 3.43. The van der Waals surface area contributed by atoms with Gasteiger partial charge in [0.25, 0.3) is 21.8 Å². The molecule has 0 aromatic heterocycles. The van der Waals surface area contributed by atoms with E-state index in [9.17, 15) is 27.9 Å². The molecule has 0 atom stereocenters. The van der Waals surface area contributed by atoms with E-state index in [1.807, 2.05) is 0 Å². The van der Waals surface area contributed by atoms with Crippen LogP contribution in [0, 0.1) is 5.41 Å². The first-order valence-corrected chi connectivity index (χ1v) is 10.2. The molecule has 0 aliphatic carbocycles. The van der Waals surface area contributed by atoms with Crippen LogP contribution in [0.5, 0.6) is 0 Å². The summed E-state index contributed by atoms with van der Waals surface area (Å²) in [6.45, 7) is 6.58. The summed E-state index contributed by atoms with van der Waals surface area (Å²) < 4.78 is 26.0. The van der Waals surface area contributed by atoms with Crippen molar-refractivity contribution in [3.8, 4) is 0 Å². The van der Waals surface area contributed by atoms with Crippen LogP contribution in [-0.2, 0) is 14.8 Å². The molecule has 9 heteroatoms. The van der Waals surface area contributed by atoms with Crippen molar-refractivity contribution in [3.05, 3.63) is 29.3 Å². The molecule has 1 aromatic carbocycles. The maximum absolute atomic E-state index is 12.6. The zero-order chi connectivity index (χ0) is 20.6. The highest BCUT2D eigenvalue weighted by molar-refractivity contribution is 7.90. The fraction of sp³-hybridized carbons (Fsp3) is 0.500. The number of rotatable bonds is 7. The van der Waals surface area contributed by atoms with Gasteiger partial charge in [-0.1, -0.05) is 13.8 Å². The number of carbonyl (C=O) groups is 3. The molecule has 148 valence electrons. The van der Waals surface area contributed by atoms with Crippen molar-refractivity contribution in [2.45, 2.75) is 51.5 Å². The van der Waals surface area contributed by atoms with Crippen molar-refractivity contribution < 1.29 is 27.9 Å². The van der Waals surface area contributed by atoms with Gasteiger partial charge in [-0.2, -0.15) is 0 Å². The van der Waals surface area contributed by atoms with Crippen molar-refractivity contribution in [1.29, 1.82) is 0 Å². The number of aliphatic carboxylic acids is 1. The third-order valence-corrected chi connectivity index (χ3v) is 7.07. The summed E-state index contributed by atoms with van der Waals surface area (Å²) in [7, 11) is -4.01. The second-order valence-electron chi connectivity index (χ2n) is 6.89. The van der Waals surface area contributed by atoms with Gasteiger partial charge in [-0.25, -0.2) is 12.7 Å². The number of nitrogens with one attached hydrogen (secondary N) is 1. The first-order valence-electron chi connectivity index (χ1n) is 8.76. The maximum Gasteiger partial charge on any atom is 0.311 e. The summed E-state index contributed by atoms with van der Waals surface area (Å²) in [5, 5.41) is 12.0. The minimum atomic E-state index is -4.01. The van der Waals surface area contributed by atoms with Crippen LogP contribution in [0.1, 0.15) is 61.3 Å². The summed E-state index contributed by atoms with van der Waals surface area (Å²) in [5.41, 5.74) is -0.993. The lowest BCUT2D eigenvalue weighted by Gasteiger charge is -2.26. The number of hydrogen-bond donors (Lipinski definition) is 2. The Balaban J connectivity index is 2.31. The molecule has 0 saturated heterocycles. The van der Waals surface area contributed by atoms with Crippen molar-refractivity contribution in [2.24, 2.45) is 5.41 Å². The molecule has 0 unspecified atom stereocenters. The van der Waals surface area contributed by atoms with Crippen molar-refractivity contribution in [2.75, 3.05) is 6.54 Å². The number of benzene rings is 1. The molecule has 2 N–H and O–H groups in total. The number of hydrogen-bond acceptors (Lipinski definition) is 5. The van der Waals surface area contributed by atoms with E-state index in [0.29, 0.717) is 12.8 Å². The number of fused-ring (bicyclic) bond motifs is 1. The van der Waals surface area contributed by atoms with Crippen molar-refractivity contribution in [1.82, 2.24) is 9.62 Å². The number of nitrogens with zero attached hydrogens (tertiary/aromatic N) is 1. The van der Waals surface area contributed by atoms with Gasteiger partial charge >= 0.3 is 5.97 Å². The Morgan fingerprint density at radius 3 is 2.30 bits per heavy atom. The predicted octanol–water partition coefficient (Wildman–Crippen LogP) is 1.86. The van der Waals surface area contributed by atoms with Gasteiger partial charge in [-0.05, 0) is 44.9 Å². The molecule has 1 aliphatic heterocycles.